The summed E-state index contributed by atoms with van der Waals surface area (Å²) in [6.07, 6.45) is 4.89. The zero-order valence-electron chi connectivity index (χ0n) is 7.15. The molecule has 13 heavy (non-hydrogen) atoms. The first-order valence-electron chi connectivity index (χ1n) is 3.85. The Balaban J connectivity index is 2.59. The number of nitrogens with one attached hydrogen (secondary N) is 1. The van der Waals surface area contributed by atoms with Crippen LogP contribution >= 0.6 is 0 Å². The van der Waals surface area contributed by atoms with Crippen LogP contribution in [0.2, 0.25) is 0 Å². The molecule has 0 saturated heterocycles. The van der Waals surface area contributed by atoms with Crippen LogP contribution in [-0.4, -0.2) is 20.4 Å². The van der Waals surface area contributed by atoms with Crippen molar-refractivity contribution in [1.82, 2.24) is 20.4 Å². The molecule has 0 saturated carbocycles. The number of hydrogen-bond acceptors (Lipinski definition) is 4. The number of nitrogens with zero attached hydrogens (tertiary/aromatic N) is 3. The highest BCUT2D eigenvalue weighted by molar-refractivity contribution is 5.73. The minimum Gasteiger partial charge on any atom is -0.397 e. The molecule has 2 heterocycles. The Bertz CT molecular complexity index is 420. The SMILES string of the molecule is Cc1cn[nH]c1-c1cnncc1N. The fourth-order valence-corrected chi connectivity index (χ4v) is 1.16. The van der Waals surface area contributed by atoms with Gasteiger partial charge in [-0.2, -0.15) is 15.3 Å². The van der Waals surface area contributed by atoms with Gasteiger partial charge in [0.1, 0.15) is 0 Å². The lowest BCUT2D eigenvalue weighted by atomic mass is 10.1. The van der Waals surface area contributed by atoms with Crippen LogP contribution in [0, 0.1) is 6.92 Å². The molecule has 0 aliphatic carbocycles. The van der Waals surface area contributed by atoms with Crippen LogP contribution in [0.25, 0.3) is 11.3 Å². The predicted octanol–water partition coefficient (Wildman–Crippen LogP) is 0.757. The van der Waals surface area contributed by atoms with E-state index in [9.17, 15) is 0 Å². The van der Waals surface area contributed by atoms with Gasteiger partial charge in [0.25, 0.3) is 0 Å². The van der Waals surface area contributed by atoms with Gasteiger partial charge in [-0.25, -0.2) is 0 Å². The molecule has 0 fully saturated rings. The summed E-state index contributed by atoms with van der Waals surface area (Å²) in [7, 11) is 0. The molecule has 5 heteroatoms. The van der Waals surface area contributed by atoms with Crippen molar-refractivity contribution in [2.75, 3.05) is 5.73 Å². The van der Waals surface area contributed by atoms with Crippen molar-refractivity contribution in [3.8, 4) is 11.3 Å². The molecule has 0 aliphatic rings. The number of aryl methyl sites for hydroxylation is 1. The monoisotopic (exact) mass is 175 g/mol. The molecule has 0 amide bonds. The quantitative estimate of drug-likeness (QED) is 0.670. The summed E-state index contributed by atoms with van der Waals surface area (Å²) in [5, 5.41) is 14.2. The largest absolute Gasteiger partial charge is 0.397 e. The molecule has 2 rings (SSSR count). The number of anilines is 1. The van der Waals surface area contributed by atoms with Crippen molar-refractivity contribution >= 4 is 5.69 Å². The molecule has 66 valence electrons. The molecule has 0 atom stereocenters. The van der Waals surface area contributed by atoms with Crippen LogP contribution in [0.1, 0.15) is 5.56 Å². The Morgan fingerprint density at radius 3 is 2.62 bits per heavy atom. The number of H-pyrrole nitrogens is 1. The number of nitrogen functional groups attached to an aromatic ring is 1. The van der Waals surface area contributed by atoms with E-state index in [1.54, 1.807) is 12.4 Å². The maximum absolute atomic E-state index is 5.73. The minimum absolute atomic E-state index is 0.599. The highest BCUT2D eigenvalue weighted by Gasteiger charge is 2.07. The summed E-state index contributed by atoms with van der Waals surface area (Å²) in [6.45, 7) is 1.96. The highest BCUT2D eigenvalue weighted by atomic mass is 15.1. The van der Waals surface area contributed by atoms with Crippen molar-refractivity contribution in [1.29, 1.82) is 0 Å². The second kappa shape index (κ2) is 2.85. The summed E-state index contributed by atoms with van der Waals surface area (Å²) in [5.41, 5.74) is 9.10. The molecule has 2 aromatic rings. The third kappa shape index (κ3) is 1.24. The van der Waals surface area contributed by atoms with Crippen molar-refractivity contribution in [3.63, 3.8) is 0 Å². The molecular weight excluding hydrogens is 166 g/mol. The average molecular weight is 175 g/mol. The second-order valence-electron chi connectivity index (χ2n) is 2.79. The van der Waals surface area contributed by atoms with Crippen molar-refractivity contribution in [2.45, 2.75) is 6.92 Å². The highest BCUT2D eigenvalue weighted by Crippen LogP contribution is 2.23. The topological polar surface area (TPSA) is 80.5 Å². The molecule has 0 unspecified atom stereocenters. The van der Waals surface area contributed by atoms with Crippen LogP contribution in [0.4, 0.5) is 5.69 Å². The van der Waals surface area contributed by atoms with E-state index in [0.717, 1.165) is 16.8 Å². The summed E-state index contributed by atoms with van der Waals surface area (Å²) in [4.78, 5) is 0. The van der Waals surface area contributed by atoms with E-state index in [1.165, 1.54) is 6.20 Å². The Kier molecular flexibility index (Phi) is 1.70. The van der Waals surface area contributed by atoms with E-state index >= 15 is 0 Å². The Morgan fingerprint density at radius 2 is 2.00 bits per heavy atom. The van der Waals surface area contributed by atoms with Gasteiger partial charge in [-0.15, -0.1) is 0 Å². The van der Waals surface area contributed by atoms with Crippen LogP contribution in [0.5, 0.6) is 0 Å². The molecule has 0 aromatic carbocycles. The van der Waals surface area contributed by atoms with Gasteiger partial charge >= 0.3 is 0 Å². The lowest BCUT2D eigenvalue weighted by Crippen LogP contribution is -1.94. The first-order valence-corrected chi connectivity index (χ1v) is 3.85. The van der Waals surface area contributed by atoms with Crippen LogP contribution in [-0.2, 0) is 0 Å². The van der Waals surface area contributed by atoms with Gasteiger partial charge in [-0.05, 0) is 12.5 Å². The zero-order chi connectivity index (χ0) is 9.26. The summed E-state index contributed by atoms with van der Waals surface area (Å²) in [5.74, 6) is 0. The first-order chi connectivity index (χ1) is 6.29. The Morgan fingerprint density at radius 1 is 1.23 bits per heavy atom. The predicted molar refractivity (Wildman–Crippen MR) is 48.8 cm³/mol. The van der Waals surface area contributed by atoms with Gasteiger partial charge in [0.2, 0.25) is 0 Å². The fourth-order valence-electron chi connectivity index (χ4n) is 1.16. The van der Waals surface area contributed by atoms with E-state index in [0.29, 0.717) is 5.69 Å². The molecule has 0 bridgehead atoms. The maximum atomic E-state index is 5.73. The number of nitrogens with two attached hydrogens (primary N) is 1. The van der Waals surface area contributed by atoms with Crippen LogP contribution in [0.15, 0.2) is 18.6 Å². The van der Waals surface area contributed by atoms with Gasteiger partial charge in [0.05, 0.1) is 30.0 Å². The summed E-state index contributed by atoms with van der Waals surface area (Å²) in [6, 6.07) is 0. The fraction of sp³-hybridized carbons (Fsp3) is 0.125. The number of aromatic amines is 1. The molecule has 0 radical (unpaired) electrons. The number of rotatable bonds is 1. The molecule has 0 aliphatic heterocycles. The summed E-state index contributed by atoms with van der Waals surface area (Å²) >= 11 is 0. The van der Waals surface area contributed by atoms with Crippen LogP contribution in [0.3, 0.4) is 0 Å². The third-order valence-corrected chi connectivity index (χ3v) is 1.86. The van der Waals surface area contributed by atoms with Crippen molar-refractivity contribution < 1.29 is 0 Å². The first kappa shape index (κ1) is 7.72. The van der Waals surface area contributed by atoms with E-state index < -0.39 is 0 Å². The lowest BCUT2D eigenvalue weighted by molar-refractivity contribution is 1.03. The van der Waals surface area contributed by atoms with Gasteiger partial charge in [-0.1, -0.05) is 0 Å². The Labute approximate surface area is 75.0 Å². The minimum atomic E-state index is 0.599. The van der Waals surface area contributed by atoms with E-state index in [4.69, 9.17) is 5.73 Å². The second-order valence-corrected chi connectivity index (χ2v) is 2.79. The third-order valence-electron chi connectivity index (χ3n) is 1.86. The van der Waals surface area contributed by atoms with Crippen LogP contribution < -0.4 is 5.73 Å². The molecule has 5 nitrogen and oxygen atoms in total. The molecule has 0 spiro atoms. The van der Waals surface area contributed by atoms with Crippen molar-refractivity contribution in [2.24, 2.45) is 0 Å². The molecule has 2 aromatic heterocycles. The molecular formula is C8H9N5. The van der Waals surface area contributed by atoms with E-state index in [-0.39, 0.29) is 0 Å². The standard InChI is InChI=1S/C8H9N5/c1-5-2-12-13-8(5)6-3-10-11-4-7(6)9/h2-4H,1H3,(H2,9,10)(H,12,13). The van der Waals surface area contributed by atoms with Gasteiger partial charge in [0, 0.05) is 5.56 Å². The maximum Gasteiger partial charge on any atom is 0.0732 e. The van der Waals surface area contributed by atoms with Crippen molar-refractivity contribution in [3.05, 3.63) is 24.2 Å². The average Bonchev–Trinajstić information content (AvgIpc) is 2.52. The van der Waals surface area contributed by atoms with E-state index in [1.807, 2.05) is 6.92 Å². The Hall–Kier alpha value is -1.91. The zero-order valence-corrected chi connectivity index (χ0v) is 7.15. The smallest absolute Gasteiger partial charge is 0.0732 e. The normalized spacial score (nSPS) is 10.2. The van der Waals surface area contributed by atoms with Gasteiger partial charge < -0.3 is 5.73 Å². The number of aromatic nitrogens is 4. The number of hydrogen-bond donors (Lipinski definition) is 2. The van der Waals surface area contributed by atoms with E-state index in [2.05, 4.69) is 20.4 Å². The summed E-state index contributed by atoms with van der Waals surface area (Å²) < 4.78 is 0. The van der Waals surface area contributed by atoms with Gasteiger partial charge in [0.15, 0.2) is 0 Å². The molecule has 3 N–H and O–H groups in total. The van der Waals surface area contributed by atoms with Gasteiger partial charge in [-0.3, -0.25) is 5.10 Å². The lowest BCUT2D eigenvalue weighted by Gasteiger charge is -2.01.